The number of carbonyl (C=O) groups excluding carboxylic acids is 1. The second-order valence-electron chi connectivity index (χ2n) is 2.26. The molecule has 0 aliphatic heterocycles. The smallest absolute Gasteiger partial charge is 0.315 e. The Morgan fingerprint density at radius 2 is 2.36 bits per heavy atom. The van der Waals surface area contributed by atoms with Crippen LogP contribution in [0.1, 0.15) is 13.3 Å². The Balaban J connectivity index is 4.15. The molecule has 3 nitrogen and oxygen atoms in total. The highest BCUT2D eigenvalue weighted by Gasteiger charge is 2.22. The number of hydrogen-bond donors (Lipinski definition) is 1. The maximum atomic E-state index is 10.9. The summed E-state index contributed by atoms with van der Waals surface area (Å²) in [6.07, 6.45) is 1.24. The number of aliphatic hydroxyl groups excluding tert-OH is 1. The fourth-order valence-corrected chi connectivity index (χ4v) is 0.800. The summed E-state index contributed by atoms with van der Waals surface area (Å²) in [5, 5.41) is 9.25. The lowest BCUT2D eigenvalue weighted by atomic mass is 10.0. The quantitative estimate of drug-likeness (QED) is 0.484. The van der Waals surface area contributed by atoms with Gasteiger partial charge < -0.3 is 9.84 Å². The Morgan fingerprint density at radius 1 is 1.82 bits per heavy atom. The summed E-state index contributed by atoms with van der Waals surface area (Å²) < 4.78 is 4.46. The molecule has 0 aliphatic carbocycles. The van der Waals surface area contributed by atoms with Crippen molar-refractivity contribution in [2.75, 3.05) is 7.11 Å². The fraction of sp³-hybridized carbons (Fsp3) is 0.625. The number of carbonyl (C=O) groups is 1. The second-order valence-corrected chi connectivity index (χ2v) is 2.26. The molecule has 1 N–H and O–H groups in total. The third-order valence-corrected chi connectivity index (χ3v) is 1.56. The third kappa shape index (κ3) is 2.72. The Hall–Kier alpha value is -0.830. The first-order chi connectivity index (χ1) is 5.17. The summed E-state index contributed by atoms with van der Waals surface area (Å²) in [5.74, 6) is -1.03. The molecule has 0 bridgehead atoms. The van der Waals surface area contributed by atoms with Gasteiger partial charge in [-0.1, -0.05) is 13.0 Å². The zero-order valence-electron chi connectivity index (χ0n) is 6.91. The predicted molar refractivity (Wildman–Crippen MR) is 42.0 cm³/mol. The average molecular weight is 158 g/mol. The first-order valence-electron chi connectivity index (χ1n) is 3.55. The van der Waals surface area contributed by atoms with Gasteiger partial charge in [0.05, 0.1) is 13.2 Å². The van der Waals surface area contributed by atoms with Gasteiger partial charge in [-0.25, -0.2) is 0 Å². The molecule has 64 valence electrons. The lowest BCUT2D eigenvalue weighted by Gasteiger charge is -2.14. The van der Waals surface area contributed by atoms with Crippen molar-refractivity contribution in [3.05, 3.63) is 12.7 Å². The van der Waals surface area contributed by atoms with Gasteiger partial charge in [0.15, 0.2) is 0 Å². The first-order valence-corrected chi connectivity index (χ1v) is 3.55. The molecule has 0 spiro atoms. The number of esters is 1. The summed E-state index contributed by atoms with van der Waals surface area (Å²) in [7, 11) is 1.29. The van der Waals surface area contributed by atoms with Crippen LogP contribution in [0.2, 0.25) is 0 Å². The molecule has 0 aromatic rings. The van der Waals surface area contributed by atoms with Crippen LogP contribution in [0.5, 0.6) is 0 Å². The van der Waals surface area contributed by atoms with Gasteiger partial charge in [-0.05, 0) is 6.42 Å². The minimum atomic E-state index is -0.681. The summed E-state index contributed by atoms with van der Waals surface area (Å²) in [6.45, 7) is 5.23. The molecule has 11 heavy (non-hydrogen) atoms. The summed E-state index contributed by atoms with van der Waals surface area (Å²) in [4.78, 5) is 10.9. The Kier molecular flexibility index (Phi) is 4.54. The van der Waals surface area contributed by atoms with Gasteiger partial charge in [-0.2, -0.15) is 0 Å². The molecule has 0 radical (unpaired) electrons. The standard InChI is InChI=1S/C8H14O3/c1-4-6(7(9)5-2)8(10)11-3/h4,6-7,9H,1,5H2,2-3H3/t6-,7+/m1/s1. The topological polar surface area (TPSA) is 46.5 Å². The van der Waals surface area contributed by atoms with Crippen LogP contribution in [0.4, 0.5) is 0 Å². The van der Waals surface area contributed by atoms with Gasteiger partial charge in [0.1, 0.15) is 5.92 Å². The van der Waals surface area contributed by atoms with E-state index in [-0.39, 0.29) is 0 Å². The molecule has 0 aliphatic rings. The minimum absolute atomic E-state index is 0.436. The van der Waals surface area contributed by atoms with E-state index in [4.69, 9.17) is 0 Å². The van der Waals surface area contributed by atoms with E-state index in [0.717, 1.165) is 0 Å². The highest BCUT2D eigenvalue weighted by atomic mass is 16.5. The largest absolute Gasteiger partial charge is 0.468 e. The van der Waals surface area contributed by atoms with Crippen molar-refractivity contribution in [2.45, 2.75) is 19.4 Å². The molecule has 0 amide bonds. The molecule has 0 saturated carbocycles. The van der Waals surface area contributed by atoms with Crippen molar-refractivity contribution in [1.29, 1.82) is 0 Å². The van der Waals surface area contributed by atoms with Crippen molar-refractivity contribution in [3.8, 4) is 0 Å². The molecular formula is C8H14O3. The summed E-state index contributed by atoms with van der Waals surface area (Å²) in [5.41, 5.74) is 0. The highest BCUT2D eigenvalue weighted by molar-refractivity contribution is 5.74. The molecule has 0 unspecified atom stereocenters. The van der Waals surface area contributed by atoms with E-state index in [2.05, 4.69) is 11.3 Å². The molecule has 2 atom stereocenters. The first kappa shape index (κ1) is 10.2. The maximum Gasteiger partial charge on any atom is 0.315 e. The molecule has 0 rings (SSSR count). The van der Waals surface area contributed by atoms with E-state index in [1.807, 2.05) is 0 Å². The third-order valence-electron chi connectivity index (χ3n) is 1.56. The average Bonchev–Trinajstić information content (AvgIpc) is 2.05. The van der Waals surface area contributed by atoms with Gasteiger partial charge in [0.2, 0.25) is 0 Å². The Morgan fingerprint density at radius 3 is 2.64 bits per heavy atom. The highest BCUT2D eigenvalue weighted by Crippen LogP contribution is 2.09. The lowest BCUT2D eigenvalue weighted by Crippen LogP contribution is -2.26. The van der Waals surface area contributed by atoms with E-state index >= 15 is 0 Å². The Bertz CT molecular complexity index is 142. The SMILES string of the molecule is C=C[C@@H](C(=O)OC)[C@@H](O)CC. The number of methoxy groups -OCH3 is 1. The summed E-state index contributed by atoms with van der Waals surface area (Å²) >= 11 is 0. The van der Waals surface area contributed by atoms with E-state index in [1.54, 1.807) is 6.92 Å². The zero-order valence-corrected chi connectivity index (χ0v) is 6.91. The molecular weight excluding hydrogens is 144 g/mol. The molecule has 3 heteroatoms. The van der Waals surface area contributed by atoms with Crippen molar-refractivity contribution >= 4 is 5.97 Å². The van der Waals surface area contributed by atoms with Crippen molar-refractivity contribution in [1.82, 2.24) is 0 Å². The van der Waals surface area contributed by atoms with Crippen LogP contribution in [0.15, 0.2) is 12.7 Å². The minimum Gasteiger partial charge on any atom is -0.468 e. The van der Waals surface area contributed by atoms with Crippen molar-refractivity contribution in [2.24, 2.45) is 5.92 Å². The maximum absolute atomic E-state index is 10.9. The normalized spacial score (nSPS) is 15.2. The number of hydrogen-bond acceptors (Lipinski definition) is 3. The van der Waals surface area contributed by atoms with Crippen LogP contribution >= 0.6 is 0 Å². The van der Waals surface area contributed by atoms with Gasteiger partial charge in [-0.3, -0.25) is 4.79 Å². The molecule has 0 aromatic carbocycles. The number of aliphatic hydroxyl groups is 1. The fourth-order valence-electron chi connectivity index (χ4n) is 0.800. The summed E-state index contributed by atoms with van der Waals surface area (Å²) in [6, 6.07) is 0. The molecule has 0 fully saturated rings. The lowest BCUT2D eigenvalue weighted by molar-refractivity contribution is -0.147. The van der Waals surface area contributed by atoms with Gasteiger partial charge in [-0.15, -0.1) is 6.58 Å². The van der Waals surface area contributed by atoms with Crippen LogP contribution in [0.25, 0.3) is 0 Å². The molecule has 0 saturated heterocycles. The van der Waals surface area contributed by atoms with Crippen LogP contribution in [0.3, 0.4) is 0 Å². The van der Waals surface area contributed by atoms with E-state index in [9.17, 15) is 9.90 Å². The van der Waals surface area contributed by atoms with Crippen molar-refractivity contribution in [3.63, 3.8) is 0 Å². The Labute approximate surface area is 66.7 Å². The van der Waals surface area contributed by atoms with Crippen LogP contribution in [-0.2, 0) is 9.53 Å². The van der Waals surface area contributed by atoms with E-state index in [1.165, 1.54) is 13.2 Å². The number of ether oxygens (including phenoxy) is 1. The predicted octanol–water partition coefficient (Wildman–Crippen LogP) is 0.732. The van der Waals surface area contributed by atoms with Crippen LogP contribution < -0.4 is 0 Å². The van der Waals surface area contributed by atoms with Gasteiger partial charge >= 0.3 is 5.97 Å². The van der Waals surface area contributed by atoms with E-state index < -0.39 is 18.0 Å². The van der Waals surface area contributed by atoms with Crippen molar-refractivity contribution < 1.29 is 14.6 Å². The zero-order chi connectivity index (χ0) is 8.85. The molecule has 0 aromatic heterocycles. The van der Waals surface area contributed by atoms with Crippen LogP contribution in [0, 0.1) is 5.92 Å². The van der Waals surface area contributed by atoms with Gasteiger partial charge in [0, 0.05) is 0 Å². The van der Waals surface area contributed by atoms with Crippen LogP contribution in [-0.4, -0.2) is 24.3 Å². The van der Waals surface area contributed by atoms with E-state index in [0.29, 0.717) is 6.42 Å². The second kappa shape index (κ2) is 4.91. The van der Waals surface area contributed by atoms with Gasteiger partial charge in [0.25, 0.3) is 0 Å². The monoisotopic (exact) mass is 158 g/mol. The number of rotatable bonds is 4. The molecule has 0 heterocycles.